The average molecular weight is 375 g/mol. The second-order valence-electron chi connectivity index (χ2n) is 5.45. The molecule has 0 aliphatic rings. The SMILES string of the molecule is CC(C)(C)NCCc1coc2c(Br)cc(Br)cc12. The van der Waals surface area contributed by atoms with Crippen LogP contribution in [-0.2, 0) is 6.42 Å². The van der Waals surface area contributed by atoms with E-state index in [1.165, 1.54) is 10.9 Å². The standard InChI is InChI=1S/C14H17Br2NO/c1-14(2,3)17-5-4-9-8-18-13-11(9)6-10(15)7-12(13)16/h6-8,17H,4-5H2,1-3H3. The molecule has 18 heavy (non-hydrogen) atoms. The van der Waals surface area contributed by atoms with E-state index < -0.39 is 0 Å². The van der Waals surface area contributed by atoms with E-state index in [2.05, 4.69) is 64.0 Å². The summed E-state index contributed by atoms with van der Waals surface area (Å²) >= 11 is 7.04. The Bertz CT molecular complexity index is 555. The zero-order valence-corrected chi connectivity index (χ0v) is 14.0. The Morgan fingerprint density at radius 1 is 1.22 bits per heavy atom. The lowest BCUT2D eigenvalue weighted by Crippen LogP contribution is -2.37. The molecule has 0 saturated carbocycles. The Morgan fingerprint density at radius 2 is 1.94 bits per heavy atom. The van der Waals surface area contributed by atoms with E-state index in [9.17, 15) is 0 Å². The molecule has 1 aromatic heterocycles. The Labute approximate surface area is 124 Å². The molecule has 1 heterocycles. The molecule has 2 rings (SSSR count). The molecule has 0 aliphatic heterocycles. The Balaban J connectivity index is 2.19. The van der Waals surface area contributed by atoms with Crippen LogP contribution in [0, 0.1) is 0 Å². The number of halogens is 2. The first-order valence-electron chi connectivity index (χ1n) is 5.97. The van der Waals surface area contributed by atoms with E-state index >= 15 is 0 Å². The van der Waals surface area contributed by atoms with Gasteiger partial charge in [-0.2, -0.15) is 0 Å². The zero-order valence-electron chi connectivity index (χ0n) is 10.8. The van der Waals surface area contributed by atoms with Crippen LogP contribution in [0.5, 0.6) is 0 Å². The second kappa shape index (κ2) is 5.35. The minimum Gasteiger partial charge on any atom is -0.463 e. The molecule has 0 atom stereocenters. The number of hydrogen-bond acceptors (Lipinski definition) is 2. The summed E-state index contributed by atoms with van der Waals surface area (Å²) in [6, 6.07) is 4.11. The maximum Gasteiger partial charge on any atom is 0.148 e. The molecule has 0 saturated heterocycles. The van der Waals surface area contributed by atoms with Crippen LogP contribution in [-0.4, -0.2) is 12.1 Å². The predicted octanol–water partition coefficient (Wildman–Crippen LogP) is 4.89. The molecule has 0 aliphatic carbocycles. The van der Waals surface area contributed by atoms with Crippen molar-refractivity contribution in [1.29, 1.82) is 0 Å². The van der Waals surface area contributed by atoms with Gasteiger partial charge in [0, 0.05) is 15.4 Å². The van der Waals surface area contributed by atoms with E-state index in [0.29, 0.717) is 0 Å². The summed E-state index contributed by atoms with van der Waals surface area (Å²) in [5, 5.41) is 4.66. The van der Waals surface area contributed by atoms with Crippen LogP contribution in [0.25, 0.3) is 11.0 Å². The number of furan rings is 1. The Hall–Kier alpha value is -0.320. The quantitative estimate of drug-likeness (QED) is 0.827. The van der Waals surface area contributed by atoms with Crippen molar-refractivity contribution in [2.24, 2.45) is 0 Å². The molecule has 2 nitrogen and oxygen atoms in total. The average Bonchev–Trinajstić information content (AvgIpc) is 2.60. The summed E-state index contributed by atoms with van der Waals surface area (Å²) in [4.78, 5) is 0. The highest BCUT2D eigenvalue weighted by molar-refractivity contribution is 9.11. The molecule has 0 amide bonds. The number of hydrogen-bond donors (Lipinski definition) is 1. The fraction of sp³-hybridized carbons (Fsp3) is 0.429. The predicted molar refractivity (Wildman–Crippen MR) is 83.1 cm³/mol. The van der Waals surface area contributed by atoms with Crippen LogP contribution in [0.1, 0.15) is 26.3 Å². The monoisotopic (exact) mass is 373 g/mol. The molecule has 0 radical (unpaired) electrons. The fourth-order valence-corrected chi connectivity index (χ4v) is 3.20. The van der Waals surface area contributed by atoms with E-state index in [4.69, 9.17) is 4.42 Å². The van der Waals surface area contributed by atoms with Crippen LogP contribution < -0.4 is 5.32 Å². The molecule has 98 valence electrons. The van der Waals surface area contributed by atoms with Gasteiger partial charge in [-0.3, -0.25) is 0 Å². The first kappa shape index (κ1) is 14.1. The van der Waals surface area contributed by atoms with Crippen LogP contribution >= 0.6 is 31.9 Å². The minimum atomic E-state index is 0.153. The van der Waals surface area contributed by atoms with Crippen molar-refractivity contribution < 1.29 is 4.42 Å². The van der Waals surface area contributed by atoms with E-state index in [1.807, 2.05) is 12.3 Å². The lowest BCUT2D eigenvalue weighted by Gasteiger charge is -2.20. The van der Waals surface area contributed by atoms with Gasteiger partial charge in [-0.1, -0.05) is 15.9 Å². The highest BCUT2D eigenvalue weighted by atomic mass is 79.9. The number of benzene rings is 1. The van der Waals surface area contributed by atoms with Gasteiger partial charge in [0.1, 0.15) is 5.58 Å². The normalized spacial score (nSPS) is 12.3. The summed E-state index contributed by atoms with van der Waals surface area (Å²) in [6.45, 7) is 7.47. The smallest absolute Gasteiger partial charge is 0.148 e. The summed E-state index contributed by atoms with van der Waals surface area (Å²) in [7, 11) is 0. The molecule has 4 heteroatoms. The molecule has 0 fully saturated rings. The third kappa shape index (κ3) is 3.37. The molecular weight excluding hydrogens is 358 g/mol. The third-order valence-electron chi connectivity index (χ3n) is 2.72. The van der Waals surface area contributed by atoms with Crippen molar-refractivity contribution in [3.8, 4) is 0 Å². The Morgan fingerprint density at radius 3 is 2.61 bits per heavy atom. The molecule has 0 unspecified atom stereocenters. The van der Waals surface area contributed by atoms with Gasteiger partial charge in [-0.25, -0.2) is 0 Å². The van der Waals surface area contributed by atoms with Gasteiger partial charge in [0.05, 0.1) is 10.7 Å². The van der Waals surface area contributed by atoms with Crippen molar-refractivity contribution in [2.45, 2.75) is 32.7 Å². The van der Waals surface area contributed by atoms with Crippen LogP contribution in [0.2, 0.25) is 0 Å². The molecule has 2 aromatic rings. The van der Waals surface area contributed by atoms with Gasteiger partial charge in [0.2, 0.25) is 0 Å². The zero-order chi connectivity index (χ0) is 13.3. The van der Waals surface area contributed by atoms with E-state index in [0.717, 1.165) is 27.5 Å². The van der Waals surface area contributed by atoms with Crippen molar-refractivity contribution in [2.75, 3.05) is 6.54 Å². The summed E-state index contributed by atoms with van der Waals surface area (Å²) in [6.07, 6.45) is 2.82. The van der Waals surface area contributed by atoms with Gasteiger partial charge >= 0.3 is 0 Å². The largest absolute Gasteiger partial charge is 0.463 e. The first-order chi connectivity index (χ1) is 8.37. The van der Waals surface area contributed by atoms with Gasteiger partial charge in [0.25, 0.3) is 0 Å². The van der Waals surface area contributed by atoms with Crippen molar-refractivity contribution >= 4 is 42.8 Å². The number of rotatable bonds is 3. The van der Waals surface area contributed by atoms with E-state index in [-0.39, 0.29) is 5.54 Å². The molecule has 1 N–H and O–H groups in total. The van der Waals surface area contributed by atoms with Crippen molar-refractivity contribution in [3.05, 3.63) is 32.9 Å². The summed E-state index contributed by atoms with van der Waals surface area (Å²) in [5.41, 5.74) is 2.31. The van der Waals surface area contributed by atoms with E-state index in [1.54, 1.807) is 0 Å². The topological polar surface area (TPSA) is 25.2 Å². The highest BCUT2D eigenvalue weighted by Gasteiger charge is 2.12. The van der Waals surface area contributed by atoms with Gasteiger partial charge in [0.15, 0.2) is 0 Å². The van der Waals surface area contributed by atoms with Crippen LogP contribution in [0.3, 0.4) is 0 Å². The Kier molecular flexibility index (Phi) is 4.19. The maximum absolute atomic E-state index is 5.62. The van der Waals surface area contributed by atoms with Gasteiger partial charge < -0.3 is 9.73 Å². The summed E-state index contributed by atoms with van der Waals surface area (Å²) < 4.78 is 7.67. The highest BCUT2D eigenvalue weighted by Crippen LogP contribution is 2.32. The van der Waals surface area contributed by atoms with Crippen LogP contribution in [0.15, 0.2) is 31.8 Å². The molecule has 0 spiro atoms. The lowest BCUT2D eigenvalue weighted by molar-refractivity contribution is 0.429. The van der Waals surface area contributed by atoms with Gasteiger partial charge in [-0.15, -0.1) is 0 Å². The van der Waals surface area contributed by atoms with Crippen LogP contribution in [0.4, 0.5) is 0 Å². The molecule has 1 aromatic carbocycles. The number of fused-ring (bicyclic) bond motifs is 1. The third-order valence-corrected chi connectivity index (χ3v) is 3.77. The van der Waals surface area contributed by atoms with Crippen molar-refractivity contribution in [1.82, 2.24) is 5.32 Å². The first-order valence-corrected chi connectivity index (χ1v) is 7.55. The molecular formula is C14H17Br2NO. The fourth-order valence-electron chi connectivity index (χ4n) is 1.88. The second-order valence-corrected chi connectivity index (χ2v) is 7.22. The van der Waals surface area contributed by atoms with Gasteiger partial charge in [-0.05, 0) is 67.4 Å². The maximum atomic E-state index is 5.62. The minimum absolute atomic E-state index is 0.153. The van der Waals surface area contributed by atoms with Crippen molar-refractivity contribution in [3.63, 3.8) is 0 Å². The summed E-state index contributed by atoms with van der Waals surface area (Å²) in [5.74, 6) is 0. The molecule has 0 bridgehead atoms. The lowest BCUT2D eigenvalue weighted by atomic mass is 10.1. The number of nitrogens with one attached hydrogen (secondary N) is 1.